The molecule has 4 rings (SSSR count). The van der Waals surface area contributed by atoms with Gasteiger partial charge in [-0.1, -0.05) is 91.0 Å². The monoisotopic (exact) mass is 356 g/mol. The van der Waals surface area contributed by atoms with E-state index in [1.807, 2.05) is 42.5 Å². The number of methoxy groups -OCH3 is 1. The minimum absolute atomic E-state index is 0.288. The molecule has 0 aliphatic carbocycles. The summed E-state index contributed by atoms with van der Waals surface area (Å²) in [6.45, 7) is 0. The van der Waals surface area contributed by atoms with Crippen LogP contribution in [0.2, 0.25) is 0 Å². The molecule has 1 aliphatic heterocycles. The fourth-order valence-electron chi connectivity index (χ4n) is 3.29. The highest BCUT2D eigenvalue weighted by atomic mass is 16.6. The van der Waals surface area contributed by atoms with Crippen LogP contribution in [-0.4, -0.2) is 19.2 Å². The van der Waals surface area contributed by atoms with Crippen LogP contribution in [-0.2, 0) is 14.3 Å². The van der Waals surface area contributed by atoms with Crippen molar-refractivity contribution in [2.24, 2.45) is 0 Å². The number of esters is 1. The highest BCUT2D eigenvalue weighted by molar-refractivity contribution is 5.83. The molecule has 3 heteroatoms. The van der Waals surface area contributed by atoms with E-state index >= 15 is 0 Å². The van der Waals surface area contributed by atoms with Crippen molar-refractivity contribution in [2.75, 3.05) is 7.11 Å². The molecule has 27 heavy (non-hydrogen) atoms. The summed E-state index contributed by atoms with van der Waals surface area (Å²) in [6, 6.07) is 26.4. The molecule has 3 nitrogen and oxygen atoms in total. The zero-order valence-electron chi connectivity index (χ0n) is 15.0. The molecule has 0 aromatic heterocycles. The van der Waals surface area contributed by atoms with Crippen molar-refractivity contribution in [1.82, 2.24) is 0 Å². The molecule has 0 N–H and O–H groups in total. The summed E-state index contributed by atoms with van der Waals surface area (Å²) >= 11 is 0. The number of rotatable bonds is 5. The summed E-state index contributed by atoms with van der Waals surface area (Å²) in [7, 11) is 1.39. The fraction of sp³-hybridized carbons (Fsp3) is 0.125. The topological polar surface area (TPSA) is 38.8 Å². The van der Waals surface area contributed by atoms with Crippen LogP contribution in [0.25, 0.3) is 23.3 Å². The van der Waals surface area contributed by atoms with Gasteiger partial charge in [0.2, 0.25) is 0 Å². The van der Waals surface area contributed by atoms with Gasteiger partial charge in [-0.2, -0.15) is 0 Å². The Morgan fingerprint density at radius 3 is 2.30 bits per heavy atom. The highest BCUT2D eigenvalue weighted by Gasteiger charge is 2.48. The number of hydrogen-bond donors (Lipinski definition) is 0. The normalized spacial score (nSPS) is 18.4. The highest BCUT2D eigenvalue weighted by Crippen LogP contribution is 2.45. The SMILES string of the molecule is COC(=O)[C@@H]1O[C@H]1c1c(/C=C/c2ccccc2)cccc1-c1ccccc1. The standard InChI is InChI=1S/C24H20O3/c1-26-24(25)23-22(27-23)21-19(16-15-17-9-4-2-5-10-17)13-8-14-20(21)18-11-6-3-7-12-18/h2-16,22-23H,1H3/b16-15+/t22-,23+/m0/s1. The minimum atomic E-state index is -0.538. The first kappa shape index (κ1) is 17.3. The molecule has 1 heterocycles. The summed E-state index contributed by atoms with van der Waals surface area (Å²) in [5.41, 5.74) is 5.35. The van der Waals surface area contributed by atoms with Crippen molar-refractivity contribution in [3.05, 3.63) is 95.6 Å². The fourth-order valence-corrected chi connectivity index (χ4v) is 3.29. The largest absolute Gasteiger partial charge is 0.467 e. The van der Waals surface area contributed by atoms with Gasteiger partial charge < -0.3 is 9.47 Å². The van der Waals surface area contributed by atoms with Gasteiger partial charge in [-0.3, -0.25) is 0 Å². The molecule has 134 valence electrons. The Morgan fingerprint density at radius 1 is 0.889 bits per heavy atom. The number of hydrogen-bond acceptors (Lipinski definition) is 3. The molecule has 0 radical (unpaired) electrons. The Balaban J connectivity index is 1.77. The number of ether oxygens (including phenoxy) is 2. The molecule has 0 spiro atoms. The van der Waals surface area contributed by atoms with E-state index in [1.165, 1.54) is 7.11 Å². The van der Waals surface area contributed by atoms with Crippen molar-refractivity contribution >= 4 is 18.1 Å². The Morgan fingerprint density at radius 2 is 1.59 bits per heavy atom. The predicted octanol–water partition coefficient (Wildman–Crippen LogP) is 5.14. The third-order valence-corrected chi connectivity index (χ3v) is 4.69. The van der Waals surface area contributed by atoms with Gasteiger partial charge in [0.1, 0.15) is 6.10 Å². The van der Waals surface area contributed by atoms with E-state index in [1.54, 1.807) is 0 Å². The van der Waals surface area contributed by atoms with Gasteiger partial charge >= 0.3 is 5.97 Å². The summed E-state index contributed by atoms with van der Waals surface area (Å²) < 4.78 is 10.6. The minimum Gasteiger partial charge on any atom is -0.467 e. The lowest BCUT2D eigenvalue weighted by Gasteiger charge is -2.12. The van der Waals surface area contributed by atoms with E-state index in [-0.39, 0.29) is 12.1 Å². The van der Waals surface area contributed by atoms with Crippen LogP contribution < -0.4 is 0 Å². The summed E-state index contributed by atoms with van der Waals surface area (Å²) in [5, 5.41) is 0. The second kappa shape index (κ2) is 7.60. The van der Waals surface area contributed by atoms with E-state index in [9.17, 15) is 4.79 Å². The average molecular weight is 356 g/mol. The van der Waals surface area contributed by atoms with Crippen LogP contribution in [0.1, 0.15) is 22.8 Å². The third-order valence-electron chi connectivity index (χ3n) is 4.69. The molecule has 1 saturated heterocycles. The van der Waals surface area contributed by atoms with Crippen LogP contribution in [0.5, 0.6) is 0 Å². The number of carbonyl (C=O) groups excluding carboxylic acids is 1. The third kappa shape index (κ3) is 3.69. The Bertz CT molecular complexity index is 961. The first-order valence-corrected chi connectivity index (χ1v) is 8.92. The van der Waals surface area contributed by atoms with E-state index in [0.717, 1.165) is 27.8 Å². The second-order valence-corrected chi connectivity index (χ2v) is 6.42. The molecule has 0 unspecified atom stereocenters. The van der Waals surface area contributed by atoms with Crippen LogP contribution in [0.3, 0.4) is 0 Å². The smallest absolute Gasteiger partial charge is 0.338 e. The van der Waals surface area contributed by atoms with E-state index in [0.29, 0.717) is 0 Å². The number of carbonyl (C=O) groups is 1. The first-order valence-electron chi connectivity index (χ1n) is 8.92. The lowest BCUT2D eigenvalue weighted by molar-refractivity contribution is -0.142. The van der Waals surface area contributed by atoms with Crippen LogP contribution >= 0.6 is 0 Å². The van der Waals surface area contributed by atoms with Gasteiger partial charge in [-0.05, 0) is 27.8 Å². The molecule has 0 bridgehead atoms. The van der Waals surface area contributed by atoms with Crippen molar-refractivity contribution in [3.8, 4) is 11.1 Å². The summed E-state index contributed by atoms with van der Waals surface area (Å²) in [5.74, 6) is -0.333. The van der Waals surface area contributed by atoms with Gasteiger partial charge in [-0.25, -0.2) is 4.79 Å². The summed E-state index contributed by atoms with van der Waals surface area (Å²) in [4.78, 5) is 11.9. The molecular formula is C24H20O3. The van der Waals surface area contributed by atoms with Gasteiger partial charge in [0.15, 0.2) is 6.10 Å². The first-order chi connectivity index (χ1) is 13.3. The molecule has 0 saturated carbocycles. The molecule has 3 aromatic carbocycles. The Labute approximate surface area is 158 Å². The van der Waals surface area contributed by atoms with Gasteiger partial charge in [0, 0.05) is 0 Å². The quantitative estimate of drug-likeness (QED) is 0.361. The lowest BCUT2D eigenvalue weighted by Crippen LogP contribution is -2.10. The van der Waals surface area contributed by atoms with Crippen molar-refractivity contribution in [2.45, 2.75) is 12.2 Å². The zero-order chi connectivity index (χ0) is 18.6. The van der Waals surface area contributed by atoms with Crippen LogP contribution in [0, 0.1) is 0 Å². The van der Waals surface area contributed by atoms with Crippen molar-refractivity contribution in [3.63, 3.8) is 0 Å². The number of epoxide rings is 1. The molecular weight excluding hydrogens is 336 g/mol. The van der Waals surface area contributed by atoms with Crippen LogP contribution in [0.4, 0.5) is 0 Å². The van der Waals surface area contributed by atoms with E-state index in [2.05, 4.69) is 48.6 Å². The summed E-state index contributed by atoms with van der Waals surface area (Å²) in [6.07, 6.45) is 3.32. The van der Waals surface area contributed by atoms with Crippen molar-refractivity contribution < 1.29 is 14.3 Å². The molecule has 1 fully saturated rings. The zero-order valence-corrected chi connectivity index (χ0v) is 15.0. The van der Waals surface area contributed by atoms with Gasteiger partial charge in [0.25, 0.3) is 0 Å². The Hall–Kier alpha value is -3.17. The number of benzene rings is 3. The van der Waals surface area contributed by atoms with Gasteiger partial charge in [0.05, 0.1) is 7.11 Å². The molecule has 2 atom stereocenters. The maximum absolute atomic E-state index is 11.9. The van der Waals surface area contributed by atoms with E-state index in [4.69, 9.17) is 9.47 Å². The lowest BCUT2D eigenvalue weighted by atomic mass is 9.91. The predicted molar refractivity (Wildman–Crippen MR) is 107 cm³/mol. The molecule has 0 amide bonds. The maximum atomic E-state index is 11.9. The Kier molecular flexibility index (Phi) is 4.86. The molecule has 1 aliphatic rings. The van der Waals surface area contributed by atoms with Gasteiger partial charge in [-0.15, -0.1) is 0 Å². The van der Waals surface area contributed by atoms with Crippen molar-refractivity contribution in [1.29, 1.82) is 0 Å². The average Bonchev–Trinajstić information content (AvgIpc) is 3.53. The van der Waals surface area contributed by atoms with Crippen LogP contribution in [0.15, 0.2) is 78.9 Å². The second-order valence-electron chi connectivity index (χ2n) is 6.42. The molecule has 3 aromatic rings. The maximum Gasteiger partial charge on any atom is 0.338 e. The van der Waals surface area contributed by atoms with E-state index < -0.39 is 6.10 Å².